The topological polar surface area (TPSA) is 12.0 Å². The Bertz CT molecular complexity index is 373. The molecule has 0 saturated carbocycles. The van der Waals surface area contributed by atoms with Crippen molar-refractivity contribution in [3.8, 4) is 0 Å². The number of halogens is 1. The highest BCUT2D eigenvalue weighted by molar-refractivity contribution is 6.30. The molecule has 1 aliphatic carbocycles. The summed E-state index contributed by atoms with van der Waals surface area (Å²) in [6, 6.07) is 7.37. The van der Waals surface area contributed by atoms with E-state index in [1.165, 1.54) is 17.5 Å². The van der Waals surface area contributed by atoms with E-state index in [-0.39, 0.29) is 0 Å². The third-order valence-electron chi connectivity index (χ3n) is 3.65. The summed E-state index contributed by atoms with van der Waals surface area (Å²) in [5.41, 5.74) is 2.86. The zero-order valence-corrected chi connectivity index (χ0v) is 11.0. The fraction of sp³-hybridized carbons (Fsp3) is 0.571. The maximum atomic E-state index is 6.01. The lowest BCUT2D eigenvalue weighted by atomic mass is 10.0. The molecule has 1 aliphatic rings. The third kappa shape index (κ3) is 2.41. The van der Waals surface area contributed by atoms with E-state index in [4.69, 9.17) is 11.6 Å². The van der Waals surface area contributed by atoms with Gasteiger partial charge in [-0.05, 0) is 48.9 Å². The molecule has 0 aromatic heterocycles. The lowest BCUT2D eigenvalue weighted by Gasteiger charge is -2.23. The van der Waals surface area contributed by atoms with Crippen molar-refractivity contribution in [2.45, 2.75) is 45.7 Å². The highest BCUT2D eigenvalue weighted by atomic mass is 35.5. The smallest absolute Gasteiger partial charge is 0.0408 e. The van der Waals surface area contributed by atoms with Crippen LogP contribution < -0.4 is 5.32 Å². The van der Waals surface area contributed by atoms with Crippen molar-refractivity contribution in [3.05, 3.63) is 34.3 Å². The molecular formula is C14H20ClN. The normalized spacial score (nSPS) is 21.2. The van der Waals surface area contributed by atoms with Gasteiger partial charge in [-0.2, -0.15) is 0 Å². The molecule has 1 aromatic carbocycles. The van der Waals surface area contributed by atoms with E-state index in [1.54, 1.807) is 0 Å². The quantitative estimate of drug-likeness (QED) is 0.839. The van der Waals surface area contributed by atoms with E-state index in [0.29, 0.717) is 18.0 Å². The summed E-state index contributed by atoms with van der Waals surface area (Å²) in [6.07, 6.45) is 2.35. The minimum absolute atomic E-state index is 0.518. The van der Waals surface area contributed by atoms with Gasteiger partial charge in [-0.25, -0.2) is 0 Å². The van der Waals surface area contributed by atoms with Crippen LogP contribution in [-0.4, -0.2) is 6.04 Å². The first-order chi connectivity index (χ1) is 7.58. The predicted molar refractivity (Wildman–Crippen MR) is 69.9 cm³/mol. The molecule has 2 heteroatoms. The molecule has 88 valence electrons. The van der Waals surface area contributed by atoms with Crippen molar-refractivity contribution in [2.24, 2.45) is 5.92 Å². The van der Waals surface area contributed by atoms with Gasteiger partial charge >= 0.3 is 0 Å². The second-order valence-electron chi connectivity index (χ2n) is 5.13. The van der Waals surface area contributed by atoms with Crippen LogP contribution in [0.25, 0.3) is 0 Å². The van der Waals surface area contributed by atoms with E-state index in [1.807, 2.05) is 6.07 Å². The summed E-state index contributed by atoms with van der Waals surface area (Å²) in [5.74, 6) is 0.677. The second-order valence-corrected chi connectivity index (χ2v) is 5.57. The maximum absolute atomic E-state index is 6.01. The Labute approximate surface area is 103 Å². The predicted octanol–water partition coefficient (Wildman–Crippen LogP) is 3.96. The van der Waals surface area contributed by atoms with Gasteiger partial charge in [0.2, 0.25) is 0 Å². The number of hydrogen-bond acceptors (Lipinski definition) is 1. The van der Waals surface area contributed by atoms with E-state index >= 15 is 0 Å². The van der Waals surface area contributed by atoms with Crippen LogP contribution >= 0.6 is 11.6 Å². The molecule has 0 spiro atoms. The van der Waals surface area contributed by atoms with E-state index in [0.717, 1.165) is 11.4 Å². The Morgan fingerprint density at radius 1 is 1.31 bits per heavy atom. The van der Waals surface area contributed by atoms with Crippen molar-refractivity contribution in [3.63, 3.8) is 0 Å². The fourth-order valence-corrected chi connectivity index (χ4v) is 2.46. The SMILES string of the molecule is CC(C)C(C)NC1CCc2cc(Cl)ccc21. The van der Waals surface area contributed by atoms with Crippen LogP contribution in [0.5, 0.6) is 0 Å². The van der Waals surface area contributed by atoms with Crippen LogP contribution in [0, 0.1) is 5.92 Å². The first-order valence-corrected chi connectivity index (χ1v) is 6.50. The molecule has 0 amide bonds. The molecule has 0 radical (unpaired) electrons. The van der Waals surface area contributed by atoms with Gasteiger partial charge < -0.3 is 5.32 Å². The van der Waals surface area contributed by atoms with Gasteiger partial charge in [0, 0.05) is 17.1 Å². The molecule has 0 fully saturated rings. The zero-order chi connectivity index (χ0) is 11.7. The molecule has 2 atom stereocenters. The fourth-order valence-electron chi connectivity index (χ4n) is 2.27. The molecule has 1 N–H and O–H groups in total. The Hall–Kier alpha value is -0.530. The molecule has 2 unspecified atom stereocenters. The van der Waals surface area contributed by atoms with Crippen LogP contribution in [0.3, 0.4) is 0 Å². The van der Waals surface area contributed by atoms with Crippen LogP contribution in [0.2, 0.25) is 5.02 Å². The van der Waals surface area contributed by atoms with Crippen LogP contribution in [-0.2, 0) is 6.42 Å². The Morgan fingerprint density at radius 2 is 2.06 bits per heavy atom. The number of rotatable bonds is 3. The van der Waals surface area contributed by atoms with Gasteiger partial charge in [-0.1, -0.05) is 31.5 Å². The van der Waals surface area contributed by atoms with Crippen molar-refractivity contribution >= 4 is 11.6 Å². The minimum Gasteiger partial charge on any atom is -0.307 e. The summed E-state index contributed by atoms with van der Waals surface area (Å²) >= 11 is 6.01. The molecule has 0 bridgehead atoms. The summed E-state index contributed by atoms with van der Waals surface area (Å²) in [5, 5.41) is 4.57. The Kier molecular flexibility index (Phi) is 3.56. The number of aryl methyl sites for hydroxylation is 1. The highest BCUT2D eigenvalue weighted by Crippen LogP contribution is 2.33. The average Bonchev–Trinajstić information content (AvgIpc) is 2.60. The minimum atomic E-state index is 0.518. The Balaban J connectivity index is 2.12. The molecule has 0 saturated heterocycles. The van der Waals surface area contributed by atoms with Crippen LogP contribution in [0.1, 0.15) is 44.4 Å². The van der Waals surface area contributed by atoms with Gasteiger partial charge in [0.05, 0.1) is 0 Å². The maximum Gasteiger partial charge on any atom is 0.0408 e. The van der Waals surface area contributed by atoms with E-state index in [2.05, 4.69) is 38.2 Å². The van der Waals surface area contributed by atoms with Gasteiger partial charge in [-0.15, -0.1) is 0 Å². The zero-order valence-electron chi connectivity index (χ0n) is 10.3. The first kappa shape index (κ1) is 11.9. The summed E-state index contributed by atoms with van der Waals surface area (Å²) in [6.45, 7) is 6.78. The second kappa shape index (κ2) is 4.77. The number of hydrogen-bond donors (Lipinski definition) is 1. The van der Waals surface area contributed by atoms with Crippen molar-refractivity contribution in [1.82, 2.24) is 5.32 Å². The molecule has 0 aliphatic heterocycles. The van der Waals surface area contributed by atoms with Gasteiger partial charge in [0.1, 0.15) is 0 Å². The molecule has 0 heterocycles. The highest BCUT2D eigenvalue weighted by Gasteiger charge is 2.24. The average molecular weight is 238 g/mol. The molecule has 1 nitrogen and oxygen atoms in total. The lowest BCUT2D eigenvalue weighted by molar-refractivity contribution is 0.375. The van der Waals surface area contributed by atoms with E-state index in [9.17, 15) is 0 Å². The lowest BCUT2D eigenvalue weighted by Crippen LogP contribution is -2.33. The molecule has 1 aromatic rings. The summed E-state index contributed by atoms with van der Waals surface area (Å²) < 4.78 is 0. The molecule has 2 rings (SSSR count). The standard InChI is InChI=1S/C14H20ClN/c1-9(2)10(3)16-14-7-4-11-8-12(15)5-6-13(11)14/h5-6,8-10,14,16H,4,7H2,1-3H3. The first-order valence-electron chi connectivity index (χ1n) is 6.12. The molecule has 16 heavy (non-hydrogen) atoms. The van der Waals surface area contributed by atoms with Crippen LogP contribution in [0.15, 0.2) is 18.2 Å². The number of nitrogens with one attached hydrogen (secondary N) is 1. The van der Waals surface area contributed by atoms with E-state index < -0.39 is 0 Å². The van der Waals surface area contributed by atoms with Gasteiger partial charge in [0.15, 0.2) is 0 Å². The monoisotopic (exact) mass is 237 g/mol. The van der Waals surface area contributed by atoms with Gasteiger partial charge in [-0.3, -0.25) is 0 Å². The number of fused-ring (bicyclic) bond motifs is 1. The summed E-state index contributed by atoms with van der Waals surface area (Å²) in [4.78, 5) is 0. The summed E-state index contributed by atoms with van der Waals surface area (Å²) in [7, 11) is 0. The van der Waals surface area contributed by atoms with Crippen molar-refractivity contribution in [1.29, 1.82) is 0 Å². The third-order valence-corrected chi connectivity index (χ3v) is 3.88. The Morgan fingerprint density at radius 3 is 2.75 bits per heavy atom. The van der Waals surface area contributed by atoms with Crippen LogP contribution in [0.4, 0.5) is 0 Å². The van der Waals surface area contributed by atoms with Crippen molar-refractivity contribution < 1.29 is 0 Å². The van der Waals surface area contributed by atoms with Gasteiger partial charge in [0.25, 0.3) is 0 Å². The number of benzene rings is 1. The van der Waals surface area contributed by atoms with Crippen molar-refractivity contribution in [2.75, 3.05) is 0 Å². The largest absolute Gasteiger partial charge is 0.307 e. The molecular weight excluding hydrogens is 218 g/mol.